The molecule has 2 amide bonds. The Morgan fingerprint density at radius 3 is 2.81 bits per heavy atom. The summed E-state index contributed by atoms with van der Waals surface area (Å²) in [6, 6.07) is 2.10. The van der Waals surface area contributed by atoms with Crippen LogP contribution in [0.1, 0.15) is 18.5 Å². The maximum Gasteiger partial charge on any atom is 0.314 e. The van der Waals surface area contributed by atoms with Crippen LogP contribution in [0, 0.1) is 6.92 Å². The largest absolute Gasteiger partial charge is 0.381 e. The van der Waals surface area contributed by atoms with Crippen LogP contribution in [0.25, 0.3) is 11.0 Å². The number of amides is 2. The molecule has 0 aromatic carbocycles. The molecule has 112 valence electrons. The van der Waals surface area contributed by atoms with Gasteiger partial charge in [0.05, 0.1) is 17.6 Å². The zero-order valence-electron chi connectivity index (χ0n) is 12.3. The number of aromatic nitrogens is 3. The predicted molar refractivity (Wildman–Crippen MR) is 81.0 cm³/mol. The van der Waals surface area contributed by atoms with Crippen LogP contribution in [0.3, 0.4) is 0 Å². The van der Waals surface area contributed by atoms with Crippen LogP contribution >= 0.6 is 0 Å². The molecular formula is C14H20N6O. The molecule has 3 rings (SSSR count). The van der Waals surface area contributed by atoms with Gasteiger partial charge in [-0.2, -0.15) is 5.10 Å². The first-order chi connectivity index (χ1) is 10.0. The second-order valence-corrected chi connectivity index (χ2v) is 5.55. The molecule has 0 unspecified atom stereocenters. The van der Waals surface area contributed by atoms with Gasteiger partial charge in [-0.3, -0.25) is 4.68 Å². The zero-order valence-corrected chi connectivity index (χ0v) is 12.3. The minimum Gasteiger partial charge on any atom is -0.381 e. The van der Waals surface area contributed by atoms with Crippen molar-refractivity contribution in [3.8, 4) is 0 Å². The summed E-state index contributed by atoms with van der Waals surface area (Å²) in [5, 5.41) is 8.93. The van der Waals surface area contributed by atoms with Crippen molar-refractivity contribution in [1.29, 1.82) is 0 Å². The first kappa shape index (κ1) is 13.7. The van der Waals surface area contributed by atoms with E-state index in [0.29, 0.717) is 19.1 Å². The first-order valence-corrected chi connectivity index (χ1v) is 7.15. The number of anilines is 1. The highest BCUT2D eigenvalue weighted by Gasteiger charge is 2.21. The molecule has 7 nitrogen and oxygen atoms in total. The fourth-order valence-electron chi connectivity index (χ4n) is 2.87. The number of nitrogens with one attached hydrogen (secondary N) is 1. The Balaban J connectivity index is 1.71. The van der Waals surface area contributed by atoms with Gasteiger partial charge < -0.3 is 16.0 Å². The lowest BCUT2D eigenvalue weighted by atomic mass is 10.1. The summed E-state index contributed by atoms with van der Waals surface area (Å²) < 4.78 is 1.79. The van der Waals surface area contributed by atoms with E-state index in [1.807, 2.05) is 20.2 Å². The number of pyridine rings is 1. The highest BCUT2D eigenvalue weighted by molar-refractivity contribution is 5.81. The van der Waals surface area contributed by atoms with Gasteiger partial charge in [0.2, 0.25) is 0 Å². The van der Waals surface area contributed by atoms with Gasteiger partial charge in [-0.05, 0) is 25.8 Å². The molecule has 1 fully saturated rings. The molecule has 0 spiro atoms. The van der Waals surface area contributed by atoms with E-state index in [1.165, 1.54) is 0 Å². The maximum atomic E-state index is 11.1. The Kier molecular flexibility index (Phi) is 3.40. The average molecular weight is 288 g/mol. The molecule has 7 heteroatoms. The number of carbonyl (C=O) groups is 1. The molecule has 3 N–H and O–H groups in total. The van der Waals surface area contributed by atoms with E-state index < -0.39 is 0 Å². The molecule has 0 radical (unpaired) electrons. The molecule has 3 heterocycles. The van der Waals surface area contributed by atoms with E-state index in [4.69, 9.17) is 5.73 Å². The normalized spacial score (nSPS) is 16.4. The van der Waals surface area contributed by atoms with Crippen LogP contribution in [-0.4, -0.2) is 44.8 Å². The van der Waals surface area contributed by atoms with Gasteiger partial charge in [0.1, 0.15) is 0 Å². The van der Waals surface area contributed by atoms with Gasteiger partial charge in [-0.1, -0.05) is 0 Å². The van der Waals surface area contributed by atoms with Gasteiger partial charge in [0.15, 0.2) is 5.65 Å². The van der Waals surface area contributed by atoms with Gasteiger partial charge in [0, 0.05) is 31.6 Å². The number of nitrogens with zero attached hydrogens (tertiary/aromatic N) is 4. The van der Waals surface area contributed by atoms with E-state index >= 15 is 0 Å². The summed E-state index contributed by atoms with van der Waals surface area (Å²) in [6.45, 7) is 3.39. The number of hydrogen-bond acceptors (Lipinski definition) is 4. The summed E-state index contributed by atoms with van der Waals surface area (Å²) in [6.07, 6.45) is 3.63. The standard InChI is InChI=1S/C14H20N6O/c1-9-12-7-11(8-16-13(12)19(2)18-9)17-10-3-5-20(6-4-10)14(15)21/h7-8,10,17H,3-6H2,1-2H3,(H2,15,21). The molecule has 1 saturated heterocycles. The van der Waals surface area contributed by atoms with Crippen molar-refractivity contribution in [2.45, 2.75) is 25.8 Å². The van der Waals surface area contributed by atoms with Crippen molar-refractivity contribution >= 4 is 22.8 Å². The highest BCUT2D eigenvalue weighted by Crippen LogP contribution is 2.21. The van der Waals surface area contributed by atoms with Crippen LogP contribution in [0.15, 0.2) is 12.3 Å². The van der Waals surface area contributed by atoms with Crippen molar-refractivity contribution in [1.82, 2.24) is 19.7 Å². The number of fused-ring (bicyclic) bond motifs is 1. The van der Waals surface area contributed by atoms with Gasteiger partial charge in [-0.25, -0.2) is 9.78 Å². The second kappa shape index (κ2) is 5.23. The van der Waals surface area contributed by atoms with Crippen molar-refractivity contribution in [2.24, 2.45) is 12.8 Å². The van der Waals surface area contributed by atoms with Crippen LogP contribution in [0.5, 0.6) is 0 Å². The van der Waals surface area contributed by atoms with Crippen LogP contribution in [0.4, 0.5) is 10.5 Å². The Morgan fingerprint density at radius 2 is 2.14 bits per heavy atom. The van der Waals surface area contributed by atoms with Gasteiger partial charge in [0.25, 0.3) is 0 Å². The van der Waals surface area contributed by atoms with Crippen molar-refractivity contribution < 1.29 is 4.79 Å². The van der Waals surface area contributed by atoms with Crippen molar-refractivity contribution in [3.05, 3.63) is 18.0 Å². The third-order valence-electron chi connectivity index (χ3n) is 4.04. The molecule has 0 atom stereocenters. The highest BCUT2D eigenvalue weighted by atomic mass is 16.2. The fraction of sp³-hybridized carbons (Fsp3) is 0.500. The Bertz CT molecular complexity index is 671. The van der Waals surface area contributed by atoms with Gasteiger partial charge in [-0.15, -0.1) is 0 Å². The molecule has 0 aliphatic carbocycles. The summed E-state index contributed by atoms with van der Waals surface area (Å²) >= 11 is 0. The van der Waals surface area contributed by atoms with Crippen LogP contribution < -0.4 is 11.1 Å². The van der Waals surface area contributed by atoms with E-state index in [9.17, 15) is 4.79 Å². The van der Waals surface area contributed by atoms with E-state index in [1.54, 1.807) is 9.58 Å². The van der Waals surface area contributed by atoms with Crippen molar-refractivity contribution in [2.75, 3.05) is 18.4 Å². The number of nitrogens with two attached hydrogens (primary N) is 1. The molecular weight excluding hydrogens is 268 g/mol. The Hall–Kier alpha value is -2.31. The van der Waals surface area contributed by atoms with E-state index in [2.05, 4.69) is 21.5 Å². The summed E-state index contributed by atoms with van der Waals surface area (Å²) in [5.41, 5.74) is 8.16. The minimum absolute atomic E-state index is 0.331. The van der Waals surface area contributed by atoms with E-state index in [-0.39, 0.29) is 6.03 Å². The van der Waals surface area contributed by atoms with Gasteiger partial charge >= 0.3 is 6.03 Å². The molecule has 1 aliphatic heterocycles. The number of urea groups is 1. The molecule has 1 aliphatic rings. The third kappa shape index (κ3) is 2.63. The van der Waals surface area contributed by atoms with Crippen LogP contribution in [-0.2, 0) is 7.05 Å². The molecule has 21 heavy (non-hydrogen) atoms. The minimum atomic E-state index is -0.331. The number of rotatable bonds is 2. The lowest BCUT2D eigenvalue weighted by Gasteiger charge is -2.31. The maximum absolute atomic E-state index is 11.1. The monoisotopic (exact) mass is 288 g/mol. The Morgan fingerprint density at radius 1 is 1.43 bits per heavy atom. The molecule has 2 aromatic heterocycles. The van der Waals surface area contributed by atoms with Crippen LogP contribution in [0.2, 0.25) is 0 Å². The Labute approximate surface area is 123 Å². The smallest absolute Gasteiger partial charge is 0.314 e. The summed E-state index contributed by atoms with van der Waals surface area (Å²) in [4.78, 5) is 17.3. The van der Waals surface area contributed by atoms with E-state index in [0.717, 1.165) is 35.3 Å². The lowest BCUT2D eigenvalue weighted by molar-refractivity contribution is 0.193. The quantitative estimate of drug-likeness (QED) is 0.870. The number of primary amides is 1. The number of aryl methyl sites for hydroxylation is 2. The number of piperidine rings is 1. The summed E-state index contributed by atoms with van der Waals surface area (Å²) in [7, 11) is 1.90. The fourth-order valence-corrected chi connectivity index (χ4v) is 2.87. The lowest BCUT2D eigenvalue weighted by Crippen LogP contribution is -2.44. The third-order valence-corrected chi connectivity index (χ3v) is 4.04. The second-order valence-electron chi connectivity index (χ2n) is 5.55. The SMILES string of the molecule is Cc1nn(C)c2ncc(NC3CCN(C(N)=O)CC3)cc12. The topological polar surface area (TPSA) is 89.1 Å². The molecule has 0 saturated carbocycles. The number of carbonyl (C=O) groups excluding carboxylic acids is 1. The first-order valence-electron chi connectivity index (χ1n) is 7.15. The summed E-state index contributed by atoms with van der Waals surface area (Å²) in [5.74, 6) is 0. The average Bonchev–Trinajstić information content (AvgIpc) is 2.74. The predicted octanol–water partition coefficient (Wildman–Crippen LogP) is 1.23. The zero-order chi connectivity index (χ0) is 15.0. The molecule has 2 aromatic rings. The molecule has 0 bridgehead atoms. The van der Waals surface area contributed by atoms with Crippen molar-refractivity contribution in [3.63, 3.8) is 0 Å². The number of hydrogen-bond donors (Lipinski definition) is 2. The number of likely N-dealkylation sites (tertiary alicyclic amines) is 1.